The number of nitrogens with one attached hydrogen (secondary N) is 1. The SMILES string of the molecule is O=C(/C=C/c1ccccc1Br)NCc1ccco1. The average molecular weight is 306 g/mol. The third-order valence-electron chi connectivity index (χ3n) is 2.34. The smallest absolute Gasteiger partial charge is 0.244 e. The van der Waals surface area contributed by atoms with Crippen molar-refractivity contribution in [3.05, 3.63) is 64.5 Å². The zero-order chi connectivity index (χ0) is 12.8. The van der Waals surface area contributed by atoms with Gasteiger partial charge in [-0.25, -0.2) is 0 Å². The fraction of sp³-hybridized carbons (Fsp3) is 0.0714. The molecule has 0 spiro atoms. The van der Waals surface area contributed by atoms with Crippen LogP contribution in [0.4, 0.5) is 0 Å². The molecule has 2 aromatic rings. The third kappa shape index (κ3) is 3.60. The second-order valence-corrected chi connectivity index (χ2v) is 4.51. The Morgan fingerprint density at radius 1 is 1.28 bits per heavy atom. The molecule has 1 amide bonds. The third-order valence-corrected chi connectivity index (χ3v) is 3.06. The highest BCUT2D eigenvalue weighted by atomic mass is 79.9. The molecule has 0 aliphatic carbocycles. The molecule has 1 N–H and O–H groups in total. The number of carbonyl (C=O) groups excluding carboxylic acids is 1. The maximum atomic E-state index is 11.6. The molecule has 2 rings (SSSR count). The van der Waals surface area contributed by atoms with Crippen LogP contribution >= 0.6 is 15.9 Å². The molecule has 18 heavy (non-hydrogen) atoms. The van der Waals surface area contributed by atoms with Crippen molar-refractivity contribution < 1.29 is 9.21 Å². The van der Waals surface area contributed by atoms with E-state index in [1.165, 1.54) is 6.08 Å². The Labute approximate surface area is 114 Å². The van der Waals surface area contributed by atoms with Crippen LogP contribution in [0.25, 0.3) is 6.08 Å². The Hall–Kier alpha value is -1.81. The first kappa shape index (κ1) is 12.6. The summed E-state index contributed by atoms with van der Waals surface area (Å²) in [6.07, 6.45) is 4.85. The van der Waals surface area contributed by atoms with Gasteiger partial charge in [-0.15, -0.1) is 0 Å². The standard InChI is InChI=1S/C14H12BrNO2/c15-13-6-2-1-4-11(13)7-8-14(17)16-10-12-5-3-9-18-12/h1-9H,10H2,(H,16,17)/b8-7+. The minimum atomic E-state index is -0.151. The van der Waals surface area contributed by atoms with E-state index in [1.54, 1.807) is 18.4 Å². The Morgan fingerprint density at radius 3 is 2.83 bits per heavy atom. The van der Waals surface area contributed by atoms with Gasteiger partial charge in [-0.05, 0) is 29.8 Å². The van der Waals surface area contributed by atoms with Gasteiger partial charge in [0.05, 0.1) is 12.8 Å². The average Bonchev–Trinajstić information content (AvgIpc) is 2.88. The molecule has 1 heterocycles. The van der Waals surface area contributed by atoms with Gasteiger partial charge in [0.15, 0.2) is 0 Å². The zero-order valence-electron chi connectivity index (χ0n) is 9.60. The minimum absolute atomic E-state index is 0.151. The van der Waals surface area contributed by atoms with Crippen molar-refractivity contribution in [2.45, 2.75) is 6.54 Å². The summed E-state index contributed by atoms with van der Waals surface area (Å²) in [4.78, 5) is 11.6. The quantitative estimate of drug-likeness (QED) is 0.880. The Bertz CT molecular complexity index is 547. The molecule has 92 valence electrons. The first-order valence-corrected chi connectivity index (χ1v) is 6.28. The summed E-state index contributed by atoms with van der Waals surface area (Å²) >= 11 is 3.42. The van der Waals surface area contributed by atoms with Crippen LogP contribution in [0.5, 0.6) is 0 Å². The van der Waals surface area contributed by atoms with Gasteiger partial charge in [-0.1, -0.05) is 34.1 Å². The number of furan rings is 1. The van der Waals surface area contributed by atoms with E-state index in [0.717, 1.165) is 15.8 Å². The fourth-order valence-corrected chi connectivity index (χ4v) is 1.84. The molecule has 0 saturated heterocycles. The predicted molar refractivity (Wildman–Crippen MR) is 73.7 cm³/mol. The molecule has 3 nitrogen and oxygen atoms in total. The summed E-state index contributed by atoms with van der Waals surface area (Å²) in [5.41, 5.74) is 0.964. The van der Waals surface area contributed by atoms with Crippen LogP contribution in [0.2, 0.25) is 0 Å². The molecular weight excluding hydrogens is 294 g/mol. The molecule has 0 atom stereocenters. The summed E-state index contributed by atoms with van der Waals surface area (Å²) in [5, 5.41) is 2.74. The van der Waals surface area contributed by atoms with Gasteiger partial charge in [0.2, 0.25) is 5.91 Å². The molecule has 0 radical (unpaired) electrons. The van der Waals surface area contributed by atoms with Crippen molar-refractivity contribution in [1.82, 2.24) is 5.32 Å². The van der Waals surface area contributed by atoms with E-state index in [-0.39, 0.29) is 5.91 Å². The zero-order valence-corrected chi connectivity index (χ0v) is 11.2. The van der Waals surface area contributed by atoms with Crippen LogP contribution in [-0.4, -0.2) is 5.91 Å². The lowest BCUT2D eigenvalue weighted by Gasteiger charge is -1.99. The van der Waals surface area contributed by atoms with Gasteiger partial charge in [0.1, 0.15) is 5.76 Å². The number of rotatable bonds is 4. The van der Waals surface area contributed by atoms with Crippen molar-refractivity contribution in [1.29, 1.82) is 0 Å². The summed E-state index contributed by atoms with van der Waals surface area (Å²) in [5.74, 6) is 0.583. The van der Waals surface area contributed by atoms with Crippen LogP contribution in [0.3, 0.4) is 0 Å². The summed E-state index contributed by atoms with van der Waals surface area (Å²) in [6.45, 7) is 0.395. The highest BCUT2D eigenvalue weighted by molar-refractivity contribution is 9.10. The van der Waals surface area contributed by atoms with Gasteiger partial charge in [0.25, 0.3) is 0 Å². The van der Waals surface area contributed by atoms with Crippen molar-refractivity contribution >= 4 is 27.9 Å². The summed E-state index contributed by atoms with van der Waals surface area (Å²) < 4.78 is 6.08. The number of hydrogen-bond donors (Lipinski definition) is 1. The summed E-state index contributed by atoms with van der Waals surface area (Å²) in [6, 6.07) is 11.3. The molecular formula is C14H12BrNO2. The Balaban J connectivity index is 1.89. The van der Waals surface area contributed by atoms with E-state index in [0.29, 0.717) is 6.54 Å². The second kappa shape index (κ2) is 6.21. The highest BCUT2D eigenvalue weighted by Gasteiger charge is 1.99. The van der Waals surface area contributed by atoms with E-state index < -0.39 is 0 Å². The Kier molecular flexibility index (Phi) is 4.36. The number of amides is 1. The molecule has 0 aliphatic heterocycles. The monoisotopic (exact) mass is 305 g/mol. The van der Waals surface area contributed by atoms with E-state index in [2.05, 4.69) is 21.2 Å². The first-order chi connectivity index (χ1) is 8.75. The van der Waals surface area contributed by atoms with Crippen molar-refractivity contribution in [3.8, 4) is 0 Å². The van der Waals surface area contributed by atoms with Crippen LogP contribution in [0.15, 0.2) is 57.6 Å². The van der Waals surface area contributed by atoms with Crippen LogP contribution in [-0.2, 0) is 11.3 Å². The maximum absolute atomic E-state index is 11.6. The number of halogens is 1. The molecule has 4 heteroatoms. The predicted octanol–water partition coefficient (Wildman–Crippen LogP) is 3.37. The van der Waals surface area contributed by atoms with E-state index >= 15 is 0 Å². The highest BCUT2D eigenvalue weighted by Crippen LogP contribution is 2.16. The lowest BCUT2D eigenvalue weighted by Crippen LogP contribution is -2.19. The lowest BCUT2D eigenvalue weighted by atomic mass is 10.2. The second-order valence-electron chi connectivity index (χ2n) is 3.65. The van der Waals surface area contributed by atoms with Crippen molar-refractivity contribution in [3.63, 3.8) is 0 Å². The largest absolute Gasteiger partial charge is 0.467 e. The van der Waals surface area contributed by atoms with Crippen LogP contribution < -0.4 is 5.32 Å². The van der Waals surface area contributed by atoms with Gasteiger partial charge >= 0.3 is 0 Å². The molecule has 0 aliphatic rings. The minimum Gasteiger partial charge on any atom is -0.467 e. The van der Waals surface area contributed by atoms with Gasteiger partial charge in [0, 0.05) is 10.5 Å². The maximum Gasteiger partial charge on any atom is 0.244 e. The molecule has 1 aromatic carbocycles. The fourth-order valence-electron chi connectivity index (χ4n) is 1.42. The number of hydrogen-bond acceptors (Lipinski definition) is 2. The van der Waals surface area contributed by atoms with E-state index in [4.69, 9.17) is 4.42 Å². The first-order valence-electron chi connectivity index (χ1n) is 5.48. The van der Waals surface area contributed by atoms with Crippen LogP contribution in [0.1, 0.15) is 11.3 Å². The normalized spacial score (nSPS) is 10.7. The van der Waals surface area contributed by atoms with E-state index in [9.17, 15) is 4.79 Å². The molecule has 0 saturated carbocycles. The topological polar surface area (TPSA) is 42.2 Å². The Morgan fingerprint density at radius 2 is 2.11 bits per heavy atom. The summed E-state index contributed by atoms with van der Waals surface area (Å²) in [7, 11) is 0. The van der Waals surface area contributed by atoms with E-state index in [1.807, 2.05) is 30.3 Å². The van der Waals surface area contributed by atoms with Gasteiger partial charge < -0.3 is 9.73 Å². The molecule has 1 aromatic heterocycles. The van der Waals surface area contributed by atoms with Gasteiger partial charge in [-0.3, -0.25) is 4.79 Å². The van der Waals surface area contributed by atoms with Crippen molar-refractivity contribution in [2.75, 3.05) is 0 Å². The van der Waals surface area contributed by atoms with Crippen LogP contribution in [0, 0.1) is 0 Å². The molecule has 0 bridgehead atoms. The number of benzene rings is 1. The number of carbonyl (C=O) groups is 1. The van der Waals surface area contributed by atoms with Gasteiger partial charge in [-0.2, -0.15) is 0 Å². The lowest BCUT2D eigenvalue weighted by molar-refractivity contribution is -0.116. The molecule has 0 unspecified atom stereocenters. The molecule has 0 fully saturated rings. The van der Waals surface area contributed by atoms with Crippen molar-refractivity contribution in [2.24, 2.45) is 0 Å².